The molecule has 0 nitrogen and oxygen atoms in total. The Labute approximate surface area is 93.5 Å². The summed E-state index contributed by atoms with van der Waals surface area (Å²) >= 11 is 0. The van der Waals surface area contributed by atoms with Crippen molar-refractivity contribution in [3.8, 4) is 11.1 Å². The van der Waals surface area contributed by atoms with E-state index in [4.69, 9.17) is 0 Å². The second kappa shape index (κ2) is 4.44. The summed E-state index contributed by atoms with van der Waals surface area (Å²) in [7, 11) is 0. The van der Waals surface area contributed by atoms with Crippen molar-refractivity contribution in [1.82, 2.24) is 0 Å². The van der Waals surface area contributed by atoms with Gasteiger partial charge in [0.1, 0.15) is 11.6 Å². The summed E-state index contributed by atoms with van der Waals surface area (Å²) in [5.41, 5.74) is 1.68. The molecule has 0 aliphatic carbocycles. The van der Waals surface area contributed by atoms with E-state index in [-0.39, 0.29) is 5.56 Å². The Morgan fingerprint density at radius 3 is 2.31 bits per heavy atom. The van der Waals surface area contributed by atoms with Gasteiger partial charge in [-0.05, 0) is 29.7 Å². The summed E-state index contributed by atoms with van der Waals surface area (Å²) in [6, 6.07) is 12.0. The fourth-order valence-electron chi connectivity index (χ4n) is 1.62. The fraction of sp³-hybridized carbons (Fsp3) is 0.143. The topological polar surface area (TPSA) is 0 Å². The fourth-order valence-corrected chi connectivity index (χ4v) is 1.62. The molecule has 0 heterocycles. The van der Waals surface area contributed by atoms with Crippen molar-refractivity contribution in [1.29, 1.82) is 0 Å². The van der Waals surface area contributed by atoms with Crippen LogP contribution in [-0.4, -0.2) is 0 Å². The van der Waals surface area contributed by atoms with Crippen LogP contribution in [0.1, 0.15) is 12.5 Å². The van der Waals surface area contributed by atoms with Gasteiger partial charge in [-0.25, -0.2) is 8.78 Å². The number of halogens is 2. The lowest BCUT2D eigenvalue weighted by atomic mass is 10.0. The van der Waals surface area contributed by atoms with Gasteiger partial charge in [0, 0.05) is 6.07 Å². The van der Waals surface area contributed by atoms with Gasteiger partial charge in [0.05, 0.1) is 5.56 Å². The third-order valence-electron chi connectivity index (χ3n) is 2.55. The number of rotatable bonds is 2. The van der Waals surface area contributed by atoms with Crippen molar-refractivity contribution in [3.63, 3.8) is 0 Å². The summed E-state index contributed by atoms with van der Waals surface area (Å²) in [6.45, 7) is 2.03. The van der Waals surface area contributed by atoms with E-state index in [0.717, 1.165) is 12.0 Å². The maximum Gasteiger partial charge on any atom is 0.141 e. The van der Waals surface area contributed by atoms with Gasteiger partial charge < -0.3 is 0 Å². The maximum atomic E-state index is 13.5. The van der Waals surface area contributed by atoms with Crippen LogP contribution in [0.5, 0.6) is 0 Å². The van der Waals surface area contributed by atoms with Crippen LogP contribution >= 0.6 is 0 Å². The van der Waals surface area contributed by atoms with Crippen LogP contribution < -0.4 is 0 Å². The molecule has 2 aromatic carbocycles. The molecule has 0 aliphatic rings. The van der Waals surface area contributed by atoms with Gasteiger partial charge in [-0.1, -0.05) is 31.2 Å². The van der Waals surface area contributed by atoms with Gasteiger partial charge in [0.15, 0.2) is 0 Å². The van der Waals surface area contributed by atoms with Crippen LogP contribution in [0.15, 0.2) is 36.4 Å². The molecule has 0 saturated carbocycles. The van der Waals surface area contributed by atoms with Gasteiger partial charge in [0.2, 0.25) is 0 Å². The average Bonchev–Trinajstić information content (AvgIpc) is 2.30. The van der Waals surface area contributed by atoms with Crippen LogP contribution in [0.25, 0.3) is 11.1 Å². The zero-order chi connectivity index (χ0) is 11.5. The number of hydrogen-bond donors (Lipinski definition) is 0. The first kappa shape index (κ1) is 10.8. The Bertz CT molecular complexity index is 466. The second-order valence-corrected chi connectivity index (χ2v) is 3.57. The molecule has 0 spiro atoms. The average molecular weight is 217 g/mol. The first-order valence-corrected chi connectivity index (χ1v) is 5.17. The molecule has 0 aromatic heterocycles. The highest BCUT2D eigenvalue weighted by atomic mass is 19.1. The molecule has 0 aliphatic heterocycles. The lowest BCUT2D eigenvalue weighted by molar-refractivity contribution is 0.588. The van der Waals surface area contributed by atoms with E-state index >= 15 is 0 Å². The lowest BCUT2D eigenvalue weighted by Gasteiger charge is -2.05. The van der Waals surface area contributed by atoms with E-state index < -0.39 is 11.6 Å². The Morgan fingerprint density at radius 2 is 1.75 bits per heavy atom. The Hall–Kier alpha value is -1.70. The van der Waals surface area contributed by atoms with E-state index in [1.54, 1.807) is 12.1 Å². The Morgan fingerprint density at radius 1 is 1.06 bits per heavy atom. The normalized spacial score (nSPS) is 10.4. The number of benzene rings is 2. The summed E-state index contributed by atoms with van der Waals surface area (Å²) in [4.78, 5) is 0. The van der Waals surface area contributed by atoms with E-state index in [0.29, 0.717) is 5.56 Å². The molecule has 0 amide bonds. The van der Waals surface area contributed by atoms with Crippen molar-refractivity contribution in [2.24, 2.45) is 0 Å². The minimum Gasteiger partial charge on any atom is -0.206 e. The van der Waals surface area contributed by atoms with Gasteiger partial charge in [-0.2, -0.15) is 0 Å². The molecule has 81 valence electrons. The lowest BCUT2D eigenvalue weighted by Crippen LogP contribution is -1.90. The van der Waals surface area contributed by atoms with E-state index in [1.165, 1.54) is 12.1 Å². The van der Waals surface area contributed by atoms with Crippen molar-refractivity contribution in [2.75, 3.05) is 0 Å². The molecule has 1 radical (unpaired) electrons. The molecule has 0 N–H and O–H groups in total. The van der Waals surface area contributed by atoms with Gasteiger partial charge in [-0.3, -0.25) is 0 Å². The van der Waals surface area contributed by atoms with E-state index in [2.05, 4.69) is 6.07 Å². The van der Waals surface area contributed by atoms with Crippen molar-refractivity contribution in [2.45, 2.75) is 13.3 Å². The molecule has 16 heavy (non-hydrogen) atoms. The van der Waals surface area contributed by atoms with Gasteiger partial charge >= 0.3 is 0 Å². The minimum absolute atomic E-state index is 0.00912. The molecule has 0 fully saturated rings. The van der Waals surface area contributed by atoms with Crippen LogP contribution in [0.3, 0.4) is 0 Å². The van der Waals surface area contributed by atoms with E-state index in [1.807, 2.05) is 19.1 Å². The smallest absolute Gasteiger partial charge is 0.141 e. The van der Waals surface area contributed by atoms with Crippen molar-refractivity contribution < 1.29 is 8.78 Å². The summed E-state index contributed by atoms with van der Waals surface area (Å²) in [5, 5.41) is 0. The quantitative estimate of drug-likeness (QED) is 0.713. The summed E-state index contributed by atoms with van der Waals surface area (Å²) in [5.74, 6) is -1.20. The highest BCUT2D eigenvalue weighted by Crippen LogP contribution is 2.25. The third kappa shape index (κ3) is 1.96. The largest absolute Gasteiger partial charge is 0.206 e. The molecule has 2 heteroatoms. The zero-order valence-corrected chi connectivity index (χ0v) is 8.93. The molecule has 0 bridgehead atoms. The highest BCUT2D eigenvalue weighted by molar-refractivity contribution is 5.64. The van der Waals surface area contributed by atoms with Crippen molar-refractivity contribution in [3.05, 3.63) is 59.7 Å². The zero-order valence-electron chi connectivity index (χ0n) is 8.93. The molecule has 2 aromatic rings. The van der Waals surface area contributed by atoms with E-state index in [9.17, 15) is 8.78 Å². The van der Waals surface area contributed by atoms with Crippen LogP contribution in [0.4, 0.5) is 8.78 Å². The molecule has 2 rings (SSSR count). The molecular formula is C14H11F2. The predicted molar refractivity (Wildman–Crippen MR) is 60.0 cm³/mol. The summed E-state index contributed by atoms with van der Waals surface area (Å²) < 4.78 is 26.9. The Kier molecular flexibility index (Phi) is 3.00. The third-order valence-corrected chi connectivity index (χ3v) is 2.55. The van der Waals surface area contributed by atoms with Gasteiger partial charge in [0.25, 0.3) is 0 Å². The number of hydrogen-bond acceptors (Lipinski definition) is 0. The number of aryl methyl sites for hydroxylation is 1. The van der Waals surface area contributed by atoms with Gasteiger partial charge in [-0.15, -0.1) is 0 Å². The molecule has 0 unspecified atom stereocenters. The summed E-state index contributed by atoms with van der Waals surface area (Å²) in [6.07, 6.45) is 0.909. The standard InChI is InChI=1S/C14H11F2/c1-2-10-6-8-11(9-7-10)14-12(15)4-3-5-13(14)16/h3-4,6-9H,2H2,1H3. The van der Waals surface area contributed by atoms with Crippen LogP contribution in [0.2, 0.25) is 0 Å². The van der Waals surface area contributed by atoms with Crippen LogP contribution in [-0.2, 0) is 6.42 Å². The second-order valence-electron chi connectivity index (χ2n) is 3.57. The SMILES string of the molecule is CCc1ccc(-c2c(F)[c]ccc2F)cc1. The van der Waals surface area contributed by atoms with Crippen LogP contribution in [0, 0.1) is 17.7 Å². The molecular weight excluding hydrogens is 206 g/mol. The highest BCUT2D eigenvalue weighted by Gasteiger charge is 2.10. The molecule has 0 saturated heterocycles. The monoisotopic (exact) mass is 217 g/mol. The first-order valence-electron chi connectivity index (χ1n) is 5.17. The molecule has 0 atom stereocenters. The predicted octanol–water partition coefficient (Wildman–Crippen LogP) is 3.99. The first-order chi connectivity index (χ1) is 7.72. The van der Waals surface area contributed by atoms with Crippen molar-refractivity contribution >= 4 is 0 Å². The maximum absolute atomic E-state index is 13.5. The Balaban J connectivity index is 2.50. The minimum atomic E-state index is -0.649.